The molecule has 0 radical (unpaired) electrons. The van der Waals surface area contributed by atoms with Gasteiger partial charge < -0.3 is 4.74 Å². The van der Waals surface area contributed by atoms with Crippen LogP contribution in [0, 0.1) is 11.3 Å². The Balaban J connectivity index is 1.95. The summed E-state index contributed by atoms with van der Waals surface area (Å²) in [6.07, 6.45) is 0. The van der Waals surface area contributed by atoms with E-state index in [4.69, 9.17) is 10.00 Å². The summed E-state index contributed by atoms with van der Waals surface area (Å²) in [6.45, 7) is 1.83. The van der Waals surface area contributed by atoms with Crippen molar-refractivity contribution in [3.05, 3.63) is 35.4 Å². The number of nitrogens with one attached hydrogen (secondary N) is 1. The van der Waals surface area contributed by atoms with Gasteiger partial charge in [-0.2, -0.15) is 22.7 Å². The molecule has 0 unspecified atom stereocenters. The minimum Gasteiger partial charge on any atom is -0.379 e. The Morgan fingerprint density at radius 3 is 2.47 bits per heavy atom. The predicted octanol–water partition coefficient (Wildman–Crippen LogP) is 0.225. The van der Waals surface area contributed by atoms with Gasteiger partial charge in [-0.25, -0.2) is 0 Å². The van der Waals surface area contributed by atoms with E-state index in [2.05, 4.69) is 4.72 Å². The molecule has 0 aliphatic carbocycles. The fourth-order valence-electron chi connectivity index (χ4n) is 1.75. The first-order chi connectivity index (χ1) is 9.12. The van der Waals surface area contributed by atoms with Crippen molar-refractivity contribution in [2.24, 2.45) is 0 Å². The molecule has 0 atom stereocenters. The first-order valence-electron chi connectivity index (χ1n) is 5.93. The molecule has 1 heterocycles. The number of hydrogen-bond acceptors (Lipinski definition) is 4. The maximum atomic E-state index is 12.0. The predicted molar refractivity (Wildman–Crippen MR) is 69.3 cm³/mol. The van der Waals surface area contributed by atoms with E-state index < -0.39 is 10.2 Å². The maximum Gasteiger partial charge on any atom is 0.279 e. The number of nitriles is 1. The molecule has 2 rings (SSSR count). The zero-order valence-electron chi connectivity index (χ0n) is 10.4. The van der Waals surface area contributed by atoms with Gasteiger partial charge in [0, 0.05) is 19.6 Å². The number of benzene rings is 1. The lowest BCUT2D eigenvalue weighted by Gasteiger charge is -2.26. The summed E-state index contributed by atoms with van der Waals surface area (Å²) in [7, 11) is -3.46. The summed E-state index contributed by atoms with van der Waals surface area (Å²) in [4.78, 5) is 0. The monoisotopic (exact) mass is 281 g/mol. The Hall–Kier alpha value is -1.46. The number of rotatable bonds is 4. The summed E-state index contributed by atoms with van der Waals surface area (Å²) in [5.41, 5.74) is 1.37. The lowest BCUT2D eigenvalue weighted by molar-refractivity contribution is 0.0725. The standard InChI is InChI=1S/C12H15N3O3S/c13-9-11-1-3-12(4-2-11)10-14-19(16,17)15-5-7-18-8-6-15/h1-4,14H,5-8,10H2. The molecule has 0 amide bonds. The molecule has 1 N–H and O–H groups in total. The van der Waals surface area contributed by atoms with Gasteiger partial charge in [0.25, 0.3) is 10.2 Å². The molecular formula is C12H15N3O3S. The highest BCUT2D eigenvalue weighted by Gasteiger charge is 2.23. The van der Waals surface area contributed by atoms with Crippen LogP contribution in [0.2, 0.25) is 0 Å². The van der Waals surface area contributed by atoms with Gasteiger partial charge in [-0.15, -0.1) is 0 Å². The van der Waals surface area contributed by atoms with E-state index in [1.807, 2.05) is 6.07 Å². The van der Waals surface area contributed by atoms with Gasteiger partial charge in [-0.3, -0.25) is 0 Å². The van der Waals surface area contributed by atoms with Gasteiger partial charge in [-0.05, 0) is 17.7 Å². The van der Waals surface area contributed by atoms with Crippen molar-refractivity contribution < 1.29 is 13.2 Å². The smallest absolute Gasteiger partial charge is 0.279 e. The summed E-state index contributed by atoms with van der Waals surface area (Å²) >= 11 is 0. The van der Waals surface area contributed by atoms with Crippen LogP contribution >= 0.6 is 0 Å². The second-order valence-electron chi connectivity index (χ2n) is 4.15. The third-order valence-corrected chi connectivity index (χ3v) is 4.41. The zero-order valence-corrected chi connectivity index (χ0v) is 11.2. The zero-order chi connectivity index (χ0) is 13.7. The average molecular weight is 281 g/mol. The van der Waals surface area contributed by atoms with Crippen molar-refractivity contribution in [2.75, 3.05) is 26.3 Å². The van der Waals surface area contributed by atoms with Crippen molar-refractivity contribution in [2.45, 2.75) is 6.54 Å². The Labute approximate surface area is 112 Å². The molecule has 0 spiro atoms. The topological polar surface area (TPSA) is 82.4 Å². The molecule has 19 heavy (non-hydrogen) atoms. The average Bonchev–Trinajstić information content (AvgIpc) is 2.47. The Kier molecular flexibility index (Phi) is 4.50. The highest BCUT2D eigenvalue weighted by molar-refractivity contribution is 7.87. The van der Waals surface area contributed by atoms with E-state index >= 15 is 0 Å². The lowest BCUT2D eigenvalue weighted by atomic mass is 10.1. The molecule has 1 aromatic carbocycles. The van der Waals surface area contributed by atoms with E-state index in [1.165, 1.54) is 4.31 Å². The first-order valence-corrected chi connectivity index (χ1v) is 7.37. The van der Waals surface area contributed by atoms with Crippen LogP contribution in [0.25, 0.3) is 0 Å². The number of nitrogens with zero attached hydrogens (tertiary/aromatic N) is 2. The third-order valence-electron chi connectivity index (χ3n) is 2.85. The van der Waals surface area contributed by atoms with E-state index in [9.17, 15) is 8.42 Å². The van der Waals surface area contributed by atoms with Crippen molar-refractivity contribution in [1.29, 1.82) is 5.26 Å². The molecule has 1 aromatic rings. The number of ether oxygens (including phenoxy) is 1. The molecule has 6 nitrogen and oxygen atoms in total. The molecule has 0 saturated carbocycles. The quantitative estimate of drug-likeness (QED) is 0.856. The molecule has 1 aliphatic heterocycles. The SMILES string of the molecule is N#Cc1ccc(CNS(=O)(=O)N2CCOCC2)cc1. The van der Waals surface area contributed by atoms with Crippen LogP contribution in [0.4, 0.5) is 0 Å². The largest absolute Gasteiger partial charge is 0.379 e. The first kappa shape index (κ1) is 14.0. The fraction of sp³-hybridized carbons (Fsp3) is 0.417. The summed E-state index contributed by atoms with van der Waals surface area (Å²) in [5.74, 6) is 0. The Morgan fingerprint density at radius 1 is 1.26 bits per heavy atom. The summed E-state index contributed by atoms with van der Waals surface area (Å²) < 4.78 is 33.0. The van der Waals surface area contributed by atoms with Gasteiger partial charge in [0.2, 0.25) is 0 Å². The number of hydrogen-bond donors (Lipinski definition) is 1. The Morgan fingerprint density at radius 2 is 1.89 bits per heavy atom. The molecule has 1 fully saturated rings. The van der Waals surface area contributed by atoms with Gasteiger partial charge in [0.15, 0.2) is 0 Å². The van der Waals surface area contributed by atoms with Gasteiger partial charge >= 0.3 is 0 Å². The second-order valence-corrected chi connectivity index (χ2v) is 5.90. The molecule has 0 aromatic heterocycles. The summed E-state index contributed by atoms with van der Waals surface area (Å²) in [5, 5.41) is 8.68. The van der Waals surface area contributed by atoms with Crippen LogP contribution in [0.5, 0.6) is 0 Å². The normalized spacial score (nSPS) is 17.0. The van der Waals surface area contributed by atoms with Crippen molar-refractivity contribution in [3.8, 4) is 6.07 Å². The maximum absolute atomic E-state index is 12.0. The molecule has 0 bridgehead atoms. The third kappa shape index (κ3) is 3.75. The highest BCUT2D eigenvalue weighted by atomic mass is 32.2. The molecule has 1 saturated heterocycles. The second kappa shape index (κ2) is 6.12. The van der Waals surface area contributed by atoms with E-state index in [1.54, 1.807) is 24.3 Å². The van der Waals surface area contributed by atoms with E-state index in [-0.39, 0.29) is 6.54 Å². The van der Waals surface area contributed by atoms with Crippen LogP contribution in [-0.4, -0.2) is 39.0 Å². The minimum atomic E-state index is -3.46. The van der Waals surface area contributed by atoms with Crippen LogP contribution in [0.15, 0.2) is 24.3 Å². The lowest BCUT2D eigenvalue weighted by Crippen LogP contribution is -2.46. The van der Waals surface area contributed by atoms with E-state index in [0.29, 0.717) is 31.9 Å². The fourth-order valence-corrected chi connectivity index (χ4v) is 2.91. The van der Waals surface area contributed by atoms with Crippen LogP contribution in [0.3, 0.4) is 0 Å². The molecule has 7 heteroatoms. The van der Waals surface area contributed by atoms with Crippen LogP contribution in [0.1, 0.15) is 11.1 Å². The van der Waals surface area contributed by atoms with Crippen LogP contribution in [-0.2, 0) is 21.5 Å². The Bertz CT molecular complexity index is 557. The summed E-state index contributed by atoms with van der Waals surface area (Å²) in [6, 6.07) is 8.82. The molecule has 102 valence electrons. The van der Waals surface area contributed by atoms with Gasteiger partial charge in [0.05, 0.1) is 24.8 Å². The van der Waals surface area contributed by atoms with E-state index in [0.717, 1.165) is 5.56 Å². The molecule has 1 aliphatic rings. The highest BCUT2D eigenvalue weighted by Crippen LogP contribution is 2.06. The van der Waals surface area contributed by atoms with Gasteiger partial charge in [0.1, 0.15) is 0 Å². The van der Waals surface area contributed by atoms with Crippen molar-refractivity contribution in [3.63, 3.8) is 0 Å². The molecular weight excluding hydrogens is 266 g/mol. The van der Waals surface area contributed by atoms with Crippen molar-refractivity contribution >= 4 is 10.2 Å². The minimum absolute atomic E-state index is 0.214. The van der Waals surface area contributed by atoms with Gasteiger partial charge in [-0.1, -0.05) is 12.1 Å². The number of morpholine rings is 1. The van der Waals surface area contributed by atoms with Crippen LogP contribution < -0.4 is 4.72 Å². The van der Waals surface area contributed by atoms with Crippen molar-refractivity contribution in [1.82, 2.24) is 9.03 Å².